The van der Waals surface area contributed by atoms with Gasteiger partial charge in [-0.2, -0.15) is 0 Å². The van der Waals surface area contributed by atoms with Gasteiger partial charge < -0.3 is 0 Å². The van der Waals surface area contributed by atoms with Gasteiger partial charge in [0, 0.05) is 0 Å². The van der Waals surface area contributed by atoms with E-state index in [2.05, 4.69) is 84.4 Å². The van der Waals surface area contributed by atoms with Crippen molar-refractivity contribution < 1.29 is 18.7 Å². The van der Waals surface area contributed by atoms with E-state index >= 15 is 0 Å². The van der Waals surface area contributed by atoms with Gasteiger partial charge in [0.05, 0.1) is 0 Å². The normalized spacial score (nSPS) is 16.6. The van der Waals surface area contributed by atoms with Crippen molar-refractivity contribution in [1.29, 1.82) is 0 Å². The molecule has 0 aliphatic heterocycles. The Kier molecular flexibility index (Phi) is 12.8. The monoisotopic (exact) mass is 634 g/mol. The van der Waals surface area contributed by atoms with E-state index in [9.17, 15) is 4.79 Å². The Labute approximate surface area is 252 Å². The van der Waals surface area contributed by atoms with Gasteiger partial charge in [-0.25, -0.2) is 0 Å². The fourth-order valence-electron chi connectivity index (χ4n) is 4.61. The van der Waals surface area contributed by atoms with Crippen LogP contribution in [0, 0.1) is 10.7 Å². The summed E-state index contributed by atoms with van der Waals surface area (Å²) in [5, 5.41) is 0.258. The molecule has 0 saturated heterocycles. The first-order chi connectivity index (χ1) is 18.5. The van der Waals surface area contributed by atoms with Crippen molar-refractivity contribution >= 4 is 33.7 Å². The molecule has 0 spiro atoms. The Balaban J connectivity index is 2.09. The number of fused-ring (bicyclic) bond motifs is 1. The average molecular weight is 634 g/mol. The van der Waals surface area contributed by atoms with Gasteiger partial charge in [0.1, 0.15) is 0 Å². The molecule has 0 saturated carbocycles. The zero-order valence-corrected chi connectivity index (χ0v) is 29.9. The van der Waals surface area contributed by atoms with E-state index in [0.717, 1.165) is 38.0 Å². The van der Waals surface area contributed by atoms with Crippen LogP contribution in [0.5, 0.6) is 0 Å². The first-order valence-electron chi connectivity index (χ1n) is 14.9. The van der Waals surface area contributed by atoms with Crippen LogP contribution >= 0.6 is 0 Å². The molecule has 0 radical (unpaired) electrons. The van der Waals surface area contributed by atoms with Gasteiger partial charge in [-0.15, -0.1) is 0 Å². The van der Waals surface area contributed by atoms with Crippen LogP contribution in [-0.2, 0) is 36.1 Å². The molecule has 0 aromatic heterocycles. The third-order valence-corrected chi connectivity index (χ3v) is 14.7. The van der Waals surface area contributed by atoms with Crippen molar-refractivity contribution in [2.75, 3.05) is 19.8 Å². The number of allylic oxidation sites excluding steroid dienone is 1. The van der Waals surface area contributed by atoms with Crippen molar-refractivity contribution in [3.05, 3.63) is 40.5 Å². The molecule has 1 aromatic rings. The third kappa shape index (κ3) is 10.2. The molecule has 6 heteroatoms. The van der Waals surface area contributed by atoms with E-state index in [1.807, 2.05) is 13.8 Å². The molecule has 2 rings (SSSR count). The van der Waals surface area contributed by atoms with Crippen LogP contribution in [-0.4, -0.2) is 49.1 Å². The van der Waals surface area contributed by atoms with Crippen molar-refractivity contribution in [3.8, 4) is 10.7 Å². The van der Waals surface area contributed by atoms with Crippen LogP contribution in [0.15, 0.2) is 23.8 Å². The predicted molar refractivity (Wildman–Crippen MR) is 172 cm³/mol. The second-order valence-corrected chi connectivity index (χ2v) is 20.5. The fraction of sp³-hybridized carbons (Fsp3) is 0.676. The second kappa shape index (κ2) is 14.7. The van der Waals surface area contributed by atoms with Crippen molar-refractivity contribution in [1.82, 2.24) is 0 Å². The zero-order valence-electron chi connectivity index (χ0n) is 27.1. The standard InChI is InChI=1S/C34H54O4SeSi/c1-12-37-31(35)22-26(2)16-21-39-30-24-29-28(33(6,7)17-18-34(29,8)9)23-27(30)25-36-19-14-13-15-20-38-40(10,11)32(3,4)5/h22-24H,12-15,17-20,25H2,1-11H3. The Morgan fingerprint density at radius 3 is 2.23 bits per heavy atom. The van der Waals surface area contributed by atoms with Crippen LogP contribution < -0.4 is 4.46 Å². The molecule has 0 fully saturated rings. The summed E-state index contributed by atoms with van der Waals surface area (Å²) < 4.78 is 18.9. The molecule has 1 aliphatic rings. The Hall–Kier alpha value is -1.35. The van der Waals surface area contributed by atoms with Gasteiger partial charge in [0.2, 0.25) is 0 Å². The van der Waals surface area contributed by atoms with Crippen LogP contribution in [0.2, 0.25) is 18.1 Å². The minimum atomic E-state index is -1.66. The maximum absolute atomic E-state index is 11.8. The number of hydrogen-bond acceptors (Lipinski definition) is 4. The van der Waals surface area contributed by atoms with Crippen molar-refractivity contribution in [3.63, 3.8) is 0 Å². The summed E-state index contributed by atoms with van der Waals surface area (Å²) in [6.45, 7) is 27.2. The van der Waals surface area contributed by atoms with Gasteiger partial charge in [-0.1, -0.05) is 20.8 Å². The van der Waals surface area contributed by atoms with Crippen LogP contribution in [0.3, 0.4) is 0 Å². The average Bonchev–Trinajstić information content (AvgIpc) is 2.83. The summed E-state index contributed by atoms with van der Waals surface area (Å²) in [6, 6.07) is 4.82. The molecule has 40 heavy (non-hydrogen) atoms. The second-order valence-electron chi connectivity index (χ2n) is 13.9. The quantitative estimate of drug-likeness (QED) is 0.0785. The van der Waals surface area contributed by atoms with Crippen LogP contribution in [0.25, 0.3) is 0 Å². The third-order valence-electron chi connectivity index (χ3n) is 8.52. The predicted octanol–water partition coefficient (Wildman–Crippen LogP) is 7.54. The van der Waals surface area contributed by atoms with Crippen molar-refractivity contribution in [2.24, 2.45) is 0 Å². The first-order valence-corrected chi connectivity index (χ1v) is 19.5. The Morgan fingerprint density at radius 2 is 1.62 bits per heavy atom. The van der Waals surface area contributed by atoms with Crippen LogP contribution in [0.4, 0.5) is 0 Å². The van der Waals surface area contributed by atoms with Gasteiger partial charge in [0.15, 0.2) is 0 Å². The number of rotatable bonds is 12. The molecule has 0 heterocycles. The topological polar surface area (TPSA) is 44.8 Å². The van der Waals surface area contributed by atoms with Gasteiger partial charge in [0.25, 0.3) is 0 Å². The molecule has 0 N–H and O–H groups in total. The fourth-order valence-corrected chi connectivity index (χ4v) is 7.27. The number of benzene rings is 1. The van der Waals surface area contributed by atoms with Gasteiger partial charge >= 0.3 is 233 Å². The zero-order chi connectivity index (χ0) is 30.2. The summed E-state index contributed by atoms with van der Waals surface area (Å²) in [5.41, 5.74) is 5.19. The van der Waals surface area contributed by atoms with Crippen molar-refractivity contribution in [2.45, 2.75) is 130 Å². The SMILES string of the molecule is CCOC(=O)C=C(C)C#C[Se]c1cc2c(cc1COCCCCCO[Si](C)(C)C(C)(C)C)C(C)(C)CCC2(C)C. The Morgan fingerprint density at radius 1 is 1.02 bits per heavy atom. The number of esters is 1. The van der Waals surface area contributed by atoms with E-state index in [4.69, 9.17) is 13.9 Å². The maximum atomic E-state index is 11.8. The summed E-state index contributed by atoms with van der Waals surface area (Å²) in [5.74, 6) is 2.84. The van der Waals surface area contributed by atoms with Gasteiger partial charge in [-0.05, 0) is 0 Å². The molecule has 0 atom stereocenters. The number of hydrogen-bond donors (Lipinski definition) is 0. The number of unbranched alkanes of at least 4 members (excludes halogenated alkanes) is 2. The summed E-state index contributed by atoms with van der Waals surface area (Å²) in [6.07, 6.45) is 7.09. The van der Waals surface area contributed by atoms with E-state index in [1.54, 1.807) is 0 Å². The summed E-state index contributed by atoms with van der Waals surface area (Å²) in [7, 11) is -1.66. The molecule has 0 amide bonds. The Bertz CT molecular complexity index is 1100. The number of carbonyl (C=O) groups is 1. The molecule has 1 aromatic carbocycles. The van der Waals surface area contributed by atoms with E-state index in [0.29, 0.717) is 13.2 Å². The summed E-state index contributed by atoms with van der Waals surface area (Å²) in [4.78, 5) is 15.1. The molecule has 0 bridgehead atoms. The van der Waals surface area contributed by atoms with Crippen LogP contribution in [0.1, 0.15) is 111 Å². The molecule has 4 nitrogen and oxygen atoms in total. The van der Waals surface area contributed by atoms with Gasteiger partial charge in [-0.3, -0.25) is 0 Å². The van der Waals surface area contributed by atoms with E-state index in [-0.39, 0.29) is 36.8 Å². The molecular weight excluding hydrogens is 579 g/mol. The van der Waals surface area contributed by atoms with E-state index < -0.39 is 8.32 Å². The molecule has 224 valence electrons. The molecule has 1 aliphatic carbocycles. The number of carbonyl (C=O) groups excluding carboxylic acids is 1. The minimum absolute atomic E-state index is 0.0454. The number of ether oxygens (including phenoxy) is 2. The molecular formula is C34H54O4SeSi. The molecule has 0 unspecified atom stereocenters. The van der Waals surface area contributed by atoms with E-state index in [1.165, 1.54) is 40.1 Å². The first kappa shape index (κ1) is 34.8. The summed E-state index contributed by atoms with van der Waals surface area (Å²) >= 11 is -0.0454.